The third kappa shape index (κ3) is 4.40. The molecule has 2 aromatic carbocycles. The normalized spacial score (nSPS) is 14.1. The number of halogens is 2. The van der Waals surface area contributed by atoms with E-state index in [1.165, 1.54) is 31.2 Å². The first kappa shape index (κ1) is 19.4. The highest BCUT2D eigenvalue weighted by molar-refractivity contribution is 9.10. The van der Waals surface area contributed by atoms with E-state index in [-0.39, 0.29) is 5.56 Å². The lowest BCUT2D eigenvalue weighted by Crippen LogP contribution is -2.39. The Labute approximate surface area is 151 Å². The number of nitrogens with zero attached hydrogens (tertiary/aromatic N) is 1. The Morgan fingerprint density at radius 1 is 1.32 bits per heavy atom. The lowest BCUT2D eigenvalue weighted by atomic mass is 9.96. The summed E-state index contributed by atoms with van der Waals surface area (Å²) in [6.07, 6.45) is 0. The van der Waals surface area contributed by atoms with Gasteiger partial charge in [-0.25, -0.2) is 17.5 Å². The number of hydrogen-bond acceptors (Lipinski definition) is 5. The van der Waals surface area contributed by atoms with E-state index in [0.717, 1.165) is 18.2 Å². The average Bonchev–Trinajstić information content (AvgIpc) is 2.55. The highest BCUT2D eigenvalue weighted by Gasteiger charge is 2.31. The molecule has 10 heteroatoms. The van der Waals surface area contributed by atoms with Crippen LogP contribution in [0.25, 0.3) is 0 Å². The van der Waals surface area contributed by atoms with Crippen LogP contribution in [0.15, 0.2) is 51.8 Å². The topological polar surface area (TPSA) is 110 Å². The summed E-state index contributed by atoms with van der Waals surface area (Å²) in [7, 11) is -4.29. The van der Waals surface area contributed by atoms with Gasteiger partial charge in [-0.15, -0.1) is 0 Å². The van der Waals surface area contributed by atoms with Crippen molar-refractivity contribution >= 4 is 31.6 Å². The molecule has 0 bridgehead atoms. The van der Waals surface area contributed by atoms with Crippen LogP contribution in [0.4, 0.5) is 10.1 Å². The van der Waals surface area contributed by atoms with Crippen molar-refractivity contribution in [2.24, 2.45) is 0 Å². The van der Waals surface area contributed by atoms with Crippen molar-refractivity contribution in [2.45, 2.75) is 17.4 Å². The Hall–Kier alpha value is -1.88. The highest BCUT2D eigenvalue weighted by Crippen LogP contribution is 2.28. The molecular formula is C15H14BrFN2O5S. The molecule has 0 radical (unpaired) electrons. The number of nitro benzene ring substituents is 1. The van der Waals surface area contributed by atoms with Crippen LogP contribution in [0, 0.1) is 15.9 Å². The first-order valence-corrected chi connectivity index (χ1v) is 9.23. The van der Waals surface area contributed by atoms with Crippen molar-refractivity contribution in [1.82, 2.24) is 4.72 Å². The Bertz CT molecular complexity index is 918. The maximum absolute atomic E-state index is 13.9. The minimum Gasteiger partial charge on any atom is -0.384 e. The molecule has 0 saturated heterocycles. The number of aliphatic hydroxyl groups is 1. The molecule has 0 heterocycles. The SMILES string of the molecule is CC(O)(CNS(=O)(=O)c1ccccc1[N+](=O)[O-])c1cc(Br)ccc1F. The van der Waals surface area contributed by atoms with Gasteiger partial charge in [0.1, 0.15) is 11.4 Å². The zero-order valence-corrected chi connectivity index (χ0v) is 15.3. The summed E-state index contributed by atoms with van der Waals surface area (Å²) in [5, 5.41) is 21.4. The van der Waals surface area contributed by atoms with Gasteiger partial charge >= 0.3 is 0 Å². The molecule has 2 rings (SSSR count). The van der Waals surface area contributed by atoms with Crippen LogP contribution in [0.2, 0.25) is 0 Å². The van der Waals surface area contributed by atoms with Crippen LogP contribution in [0.3, 0.4) is 0 Å². The minimum absolute atomic E-state index is 0.118. The summed E-state index contributed by atoms with van der Waals surface area (Å²) in [6.45, 7) is 0.661. The minimum atomic E-state index is -4.29. The van der Waals surface area contributed by atoms with Crippen LogP contribution in [0.5, 0.6) is 0 Å². The smallest absolute Gasteiger partial charge is 0.289 e. The molecule has 2 aromatic rings. The van der Waals surface area contributed by atoms with Gasteiger partial charge in [0, 0.05) is 22.6 Å². The second kappa shape index (κ2) is 7.16. The number of para-hydroxylation sites is 1. The van der Waals surface area contributed by atoms with E-state index in [4.69, 9.17) is 0 Å². The molecule has 0 aliphatic rings. The number of nitrogens with one attached hydrogen (secondary N) is 1. The van der Waals surface area contributed by atoms with Crippen LogP contribution >= 0.6 is 15.9 Å². The molecule has 0 spiro atoms. The number of benzene rings is 2. The van der Waals surface area contributed by atoms with Crippen LogP contribution in [-0.4, -0.2) is 25.0 Å². The predicted octanol–water partition coefficient (Wildman–Crippen LogP) is 2.68. The van der Waals surface area contributed by atoms with Gasteiger partial charge in [0.15, 0.2) is 4.90 Å². The van der Waals surface area contributed by atoms with Gasteiger partial charge < -0.3 is 5.11 Å². The third-order valence-electron chi connectivity index (χ3n) is 3.47. The van der Waals surface area contributed by atoms with Crippen LogP contribution in [0.1, 0.15) is 12.5 Å². The maximum atomic E-state index is 13.9. The summed E-state index contributed by atoms with van der Waals surface area (Å²) in [5.74, 6) is -0.710. The van der Waals surface area contributed by atoms with E-state index in [1.807, 2.05) is 0 Å². The molecule has 7 nitrogen and oxygen atoms in total. The lowest BCUT2D eigenvalue weighted by molar-refractivity contribution is -0.387. The van der Waals surface area contributed by atoms with Gasteiger partial charge in [-0.05, 0) is 31.2 Å². The number of sulfonamides is 1. The van der Waals surface area contributed by atoms with Gasteiger partial charge in [0.25, 0.3) is 5.69 Å². The van der Waals surface area contributed by atoms with E-state index in [2.05, 4.69) is 20.7 Å². The molecule has 0 aliphatic carbocycles. The standard InChI is InChI=1S/C15H14BrFN2O5S/c1-15(20,11-8-10(16)6-7-12(11)17)9-18-25(23,24)14-5-3-2-4-13(14)19(21)22/h2-8,18,20H,9H2,1H3. The van der Waals surface area contributed by atoms with Crippen LogP contribution < -0.4 is 4.72 Å². The second-order valence-corrected chi connectivity index (χ2v) is 8.10. The zero-order chi connectivity index (χ0) is 18.8. The third-order valence-corrected chi connectivity index (χ3v) is 5.41. The molecule has 25 heavy (non-hydrogen) atoms. The van der Waals surface area contributed by atoms with Crippen molar-refractivity contribution < 1.29 is 22.8 Å². The quantitative estimate of drug-likeness (QED) is 0.538. The fourth-order valence-corrected chi connectivity index (χ4v) is 3.82. The monoisotopic (exact) mass is 432 g/mol. The molecule has 0 fully saturated rings. The van der Waals surface area contributed by atoms with E-state index in [0.29, 0.717) is 4.47 Å². The Morgan fingerprint density at radius 2 is 1.96 bits per heavy atom. The van der Waals surface area contributed by atoms with Crippen molar-refractivity contribution in [3.8, 4) is 0 Å². The van der Waals surface area contributed by atoms with E-state index in [9.17, 15) is 28.0 Å². The van der Waals surface area contributed by atoms with Gasteiger partial charge in [0.05, 0.1) is 4.92 Å². The molecular weight excluding hydrogens is 419 g/mol. The van der Waals surface area contributed by atoms with Crippen molar-refractivity contribution in [3.05, 3.63) is 68.4 Å². The van der Waals surface area contributed by atoms with Crippen LogP contribution in [-0.2, 0) is 15.6 Å². The van der Waals surface area contributed by atoms with Crippen molar-refractivity contribution in [2.75, 3.05) is 6.54 Å². The van der Waals surface area contributed by atoms with Gasteiger partial charge in [-0.2, -0.15) is 0 Å². The molecule has 2 N–H and O–H groups in total. The highest BCUT2D eigenvalue weighted by atomic mass is 79.9. The van der Waals surface area contributed by atoms with Gasteiger partial charge in [-0.3, -0.25) is 10.1 Å². The molecule has 0 aromatic heterocycles. The van der Waals surface area contributed by atoms with E-state index < -0.39 is 43.5 Å². The Balaban J connectivity index is 2.31. The van der Waals surface area contributed by atoms with Crippen molar-refractivity contribution in [1.29, 1.82) is 0 Å². The fraction of sp³-hybridized carbons (Fsp3) is 0.200. The molecule has 0 amide bonds. The summed E-state index contributed by atoms with van der Waals surface area (Å²) >= 11 is 3.15. The summed E-state index contributed by atoms with van der Waals surface area (Å²) in [5.41, 5.74) is -2.58. The predicted molar refractivity (Wildman–Crippen MR) is 92.0 cm³/mol. The lowest BCUT2D eigenvalue weighted by Gasteiger charge is -2.25. The van der Waals surface area contributed by atoms with Crippen molar-refractivity contribution in [3.63, 3.8) is 0 Å². The average molecular weight is 433 g/mol. The maximum Gasteiger partial charge on any atom is 0.289 e. The van der Waals surface area contributed by atoms with E-state index >= 15 is 0 Å². The first-order valence-electron chi connectivity index (χ1n) is 6.95. The number of nitro groups is 1. The fourth-order valence-electron chi connectivity index (χ4n) is 2.15. The Kier molecular flexibility index (Phi) is 5.57. The molecule has 1 atom stereocenters. The second-order valence-electron chi connectivity index (χ2n) is 5.45. The molecule has 0 aliphatic heterocycles. The summed E-state index contributed by atoms with van der Waals surface area (Å²) in [6, 6.07) is 8.71. The summed E-state index contributed by atoms with van der Waals surface area (Å²) < 4.78 is 41.2. The molecule has 134 valence electrons. The Morgan fingerprint density at radius 3 is 2.60 bits per heavy atom. The summed E-state index contributed by atoms with van der Waals surface area (Å²) in [4.78, 5) is 9.63. The zero-order valence-electron chi connectivity index (χ0n) is 12.9. The number of rotatable bonds is 6. The molecule has 0 saturated carbocycles. The first-order chi connectivity index (χ1) is 11.5. The number of hydrogen-bond donors (Lipinski definition) is 2. The van der Waals surface area contributed by atoms with Gasteiger partial charge in [0.2, 0.25) is 10.0 Å². The van der Waals surface area contributed by atoms with E-state index in [1.54, 1.807) is 0 Å². The van der Waals surface area contributed by atoms with Gasteiger partial charge in [-0.1, -0.05) is 28.1 Å². The molecule has 1 unspecified atom stereocenters. The largest absolute Gasteiger partial charge is 0.384 e.